The molecular weight excluding hydrogens is 242 g/mol. The fourth-order valence-electron chi connectivity index (χ4n) is 2.93. The molecule has 0 spiro atoms. The smallest absolute Gasteiger partial charge is 0.407 e. The molecular formula is C14H27N3O2. The molecule has 0 unspecified atom stereocenters. The van der Waals surface area contributed by atoms with Crippen LogP contribution in [-0.2, 0) is 4.74 Å². The summed E-state index contributed by atoms with van der Waals surface area (Å²) in [4.78, 5) is 14.0. The molecule has 2 N–H and O–H groups in total. The maximum absolute atomic E-state index is 11.5. The van der Waals surface area contributed by atoms with E-state index < -0.39 is 5.60 Å². The summed E-state index contributed by atoms with van der Waals surface area (Å²) in [5, 5.41) is 6.36. The molecule has 2 saturated heterocycles. The van der Waals surface area contributed by atoms with Crippen LogP contribution in [0.4, 0.5) is 4.79 Å². The number of likely N-dealkylation sites (tertiary alicyclic amines) is 1. The number of alkyl carbamates (subject to hydrolysis) is 1. The van der Waals surface area contributed by atoms with Gasteiger partial charge in [-0.3, -0.25) is 0 Å². The first-order chi connectivity index (χ1) is 8.94. The van der Waals surface area contributed by atoms with Gasteiger partial charge in [0.2, 0.25) is 0 Å². The number of fused-ring (bicyclic) bond motifs is 1. The first kappa shape index (κ1) is 14.6. The van der Waals surface area contributed by atoms with E-state index >= 15 is 0 Å². The van der Waals surface area contributed by atoms with Crippen molar-refractivity contribution in [1.82, 2.24) is 15.5 Å². The summed E-state index contributed by atoms with van der Waals surface area (Å²) in [5.41, 5.74) is -0.415. The van der Waals surface area contributed by atoms with E-state index in [0.29, 0.717) is 12.6 Å². The van der Waals surface area contributed by atoms with Crippen LogP contribution in [0.15, 0.2) is 0 Å². The van der Waals surface area contributed by atoms with Crippen molar-refractivity contribution in [2.75, 3.05) is 32.7 Å². The Balaban J connectivity index is 1.54. The van der Waals surface area contributed by atoms with Gasteiger partial charge in [-0.25, -0.2) is 4.79 Å². The second-order valence-electron chi connectivity index (χ2n) is 6.65. The topological polar surface area (TPSA) is 53.6 Å². The number of amides is 1. The molecule has 0 bridgehead atoms. The van der Waals surface area contributed by atoms with E-state index in [1.165, 1.54) is 19.5 Å². The molecule has 0 aliphatic carbocycles. The molecule has 0 saturated carbocycles. The Morgan fingerprint density at radius 1 is 1.42 bits per heavy atom. The Bertz CT molecular complexity index is 302. The predicted octanol–water partition coefficient (Wildman–Crippen LogP) is 1.19. The average Bonchev–Trinajstić information content (AvgIpc) is 2.81. The van der Waals surface area contributed by atoms with Crippen LogP contribution in [0, 0.1) is 5.92 Å². The molecule has 1 amide bonds. The molecule has 0 radical (unpaired) electrons. The number of carbonyl (C=O) groups excluding carboxylic acids is 1. The van der Waals surface area contributed by atoms with Crippen LogP contribution in [-0.4, -0.2) is 55.4 Å². The molecule has 19 heavy (non-hydrogen) atoms. The Kier molecular flexibility index (Phi) is 4.68. The first-order valence-electron chi connectivity index (χ1n) is 7.36. The first-order valence-corrected chi connectivity index (χ1v) is 7.36. The van der Waals surface area contributed by atoms with Crippen LogP contribution in [0.1, 0.15) is 33.6 Å². The quantitative estimate of drug-likeness (QED) is 0.753. The summed E-state index contributed by atoms with van der Waals surface area (Å²) in [6, 6.07) is 0.707. The van der Waals surface area contributed by atoms with E-state index in [1.807, 2.05) is 20.8 Å². The van der Waals surface area contributed by atoms with Crippen molar-refractivity contribution < 1.29 is 9.53 Å². The van der Waals surface area contributed by atoms with Crippen LogP contribution < -0.4 is 10.6 Å². The predicted molar refractivity (Wildman–Crippen MR) is 75.2 cm³/mol. The van der Waals surface area contributed by atoms with Crippen molar-refractivity contribution in [3.8, 4) is 0 Å². The summed E-state index contributed by atoms with van der Waals surface area (Å²) in [7, 11) is 0. The molecule has 2 heterocycles. The maximum Gasteiger partial charge on any atom is 0.407 e. The van der Waals surface area contributed by atoms with Gasteiger partial charge in [-0.2, -0.15) is 0 Å². The van der Waals surface area contributed by atoms with Gasteiger partial charge in [-0.05, 0) is 52.6 Å². The second-order valence-corrected chi connectivity index (χ2v) is 6.65. The molecule has 110 valence electrons. The van der Waals surface area contributed by atoms with Gasteiger partial charge in [-0.1, -0.05) is 0 Å². The third kappa shape index (κ3) is 4.66. The molecule has 5 nitrogen and oxygen atoms in total. The zero-order chi connectivity index (χ0) is 13.9. The normalized spacial score (nSPS) is 27.3. The molecule has 0 aromatic carbocycles. The minimum absolute atomic E-state index is 0.313. The van der Waals surface area contributed by atoms with E-state index in [4.69, 9.17) is 4.74 Å². The lowest BCUT2D eigenvalue weighted by atomic mass is 10.1. The summed E-state index contributed by atoms with van der Waals surface area (Å²) in [6.45, 7) is 10.9. The monoisotopic (exact) mass is 269 g/mol. The third-order valence-corrected chi connectivity index (χ3v) is 3.76. The van der Waals surface area contributed by atoms with E-state index in [1.54, 1.807) is 0 Å². The Labute approximate surface area is 116 Å². The fourth-order valence-corrected chi connectivity index (χ4v) is 2.93. The van der Waals surface area contributed by atoms with Gasteiger partial charge in [-0.15, -0.1) is 0 Å². The molecule has 2 aliphatic rings. The summed E-state index contributed by atoms with van der Waals surface area (Å²) in [6.07, 6.45) is 1.99. The van der Waals surface area contributed by atoms with E-state index in [2.05, 4.69) is 15.5 Å². The molecule has 5 heteroatoms. The van der Waals surface area contributed by atoms with Crippen LogP contribution in [0.3, 0.4) is 0 Å². The highest BCUT2D eigenvalue weighted by Gasteiger charge is 2.35. The average molecular weight is 269 g/mol. The summed E-state index contributed by atoms with van der Waals surface area (Å²) < 4.78 is 5.20. The van der Waals surface area contributed by atoms with Crippen LogP contribution >= 0.6 is 0 Å². The standard InChI is InChI=1S/C14H27N3O2/c1-14(2,3)19-13(18)16-6-4-8-17-9-11-5-7-15-12(11)10-17/h11-12,15H,4-10H2,1-3H3,(H,16,18)/t11-,12+/m0/s1. The summed E-state index contributed by atoms with van der Waals surface area (Å²) in [5.74, 6) is 0.846. The van der Waals surface area contributed by atoms with E-state index in [9.17, 15) is 4.79 Å². The zero-order valence-electron chi connectivity index (χ0n) is 12.4. The molecule has 2 atom stereocenters. The number of carbonyl (C=O) groups is 1. The SMILES string of the molecule is CC(C)(C)OC(=O)NCCCN1C[C@@H]2CCN[C@@H]2C1. The van der Waals surface area contributed by atoms with Gasteiger partial charge in [0, 0.05) is 25.7 Å². The minimum Gasteiger partial charge on any atom is -0.444 e. The Hall–Kier alpha value is -0.810. The molecule has 2 aliphatic heterocycles. The Morgan fingerprint density at radius 3 is 2.89 bits per heavy atom. The van der Waals surface area contributed by atoms with Crippen LogP contribution in [0.2, 0.25) is 0 Å². The fraction of sp³-hybridized carbons (Fsp3) is 0.929. The number of nitrogens with zero attached hydrogens (tertiary/aromatic N) is 1. The van der Waals surface area contributed by atoms with Crippen molar-refractivity contribution in [2.45, 2.75) is 45.3 Å². The number of hydrogen-bond acceptors (Lipinski definition) is 4. The van der Waals surface area contributed by atoms with Crippen LogP contribution in [0.5, 0.6) is 0 Å². The Morgan fingerprint density at radius 2 is 2.21 bits per heavy atom. The number of hydrogen-bond donors (Lipinski definition) is 2. The number of rotatable bonds is 4. The third-order valence-electron chi connectivity index (χ3n) is 3.76. The van der Waals surface area contributed by atoms with Crippen molar-refractivity contribution in [2.24, 2.45) is 5.92 Å². The van der Waals surface area contributed by atoms with Crippen LogP contribution in [0.25, 0.3) is 0 Å². The van der Waals surface area contributed by atoms with Crippen molar-refractivity contribution in [3.05, 3.63) is 0 Å². The van der Waals surface area contributed by atoms with Gasteiger partial charge < -0.3 is 20.3 Å². The second kappa shape index (κ2) is 6.09. The van der Waals surface area contributed by atoms with Gasteiger partial charge in [0.05, 0.1) is 0 Å². The maximum atomic E-state index is 11.5. The highest BCUT2D eigenvalue weighted by Crippen LogP contribution is 2.24. The summed E-state index contributed by atoms with van der Waals surface area (Å²) >= 11 is 0. The highest BCUT2D eigenvalue weighted by molar-refractivity contribution is 5.67. The van der Waals surface area contributed by atoms with Gasteiger partial charge >= 0.3 is 6.09 Å². The van der Waals surface area contributed by atoms with Gasteiger partial charge in [0.15, 0.2) is 0 Å². The zero-order valence-corrected chi connectivity index (χ0v) is 12.4. The molecule has 0 aromatic heterocycles. The lowest BCUT2D eigenvalue weighted by molar-refractivity contribution is 0.0526. The lowest BCUT2D eigenvalue weighted by Crippen LogP contribution is -2.35. The van der Waals surface area contributed by atoms with Gasteiger partial charge in [0.1, 0.15) is 5.60 Å². The lowest BCUT2D eigenvalue weighted by Gasteiger charge is -2.20. The molecule has 2 fully saturated rings. The van der Waals surface area contributed by atoms with E-state index in [-0.39, 0.29) is 6.09 Å². The van der Waals surface area contributed by atoms with E-state index in [0.717, 1.165) is 25.4 Å². The van der Waals surface area contributed by atoms with Gasteiger partial charge in [0.25, 0.3) is 0 Å². The number of nitrogens with one attached hydrogen (secondary N) is 2. The van der Waals surface area contributed by atoms with Crippen molar-refractivity contribution in [3.63, 3.8) is 0 Å². The molecule has 2 rings (SSSR count). The van der Waals surface area contributed by atoms with Crippen molar-refractivity contribution >= 4 is 6.09 Å². The number of ether oxygens (including phenoxy) is 1. The largest absolute Gasteiger partial charge is 0.444 e. The minimum atomic E-state index is -0.415. The van der Waals surface area contributed by atoms with Crippen molar-refractivity contribution in [1.29, 1.82) is 0 Å². The highest BCUT2D eigenvalue weighted by atomic mass is 16.6. The molecule has 0 aromatic rings.